The highest BCUT2D eigenvalue weighted by Gasteiger charge is 2.04. The van der Waals surface area contributed by atoms with E-state index in [0.717, 1.165) is 0 Å². The molecule has 1 N–H and O–H groups in total. The first-order valence-electron chi connectivity index (χ1n) is 4.08. The van der Waals surface area contributed by atoms with E-state index >= 15 is 0 Å². The van der Waals surface area contributed by atoms with Gasteiger partial charge in [-0.2, -0.15) is 0 Å². The van der Waals surface area contributed by atoms with E-state index in [2.05, 4.69) is 10.3 Å². The van der Waals surface area contributed by atoms with Crippen molar-refractivity contribution in [2.24, 2.45) is 0 Å². The summed E-state index contributed by atoms with van der Waals surface area (Å²) in [5.74, 6) is 0.456. The van der Waals surface area contributed by atoms with E-state index in [9.17, 15) is 4.79 Å². The molecule has 4 heteroatoms. The third-order valence-corrected chi connectivity index (χ3v) is 1.51. The van der Waals surface area contributed by atoms with Gasteiger partial charge in [-0.05, 0) is 13.0 Å². The topological polar surface area (TPSA) is 51.2 Å². The number of ether oxygens (including phenoxy) is 1. The lowest BCUT2D eigenvalue weighted by Crippen LogP contribution is -2.17. The van der Waals surface area contributed by atoms with Gasteiger partial charge >= 0.3 is 0 Å². The summed E-state index contributed by atoms with van der Waals surface area (Å²) < 4.78 is 5.20. The molecule has 1 aromatic heterocycles. The molecule has 0 aliphatic heterocycles. The molecular formula is C9H12N2O2. The zero-order valence-electron chi connectivity index (χ0n) is 7.70. The van der Waals surface area contributed by atoms with Gasteiger partial charge < -0.3 is 10.1 Å². The van der Waals surface area contributed by atoms with Crippen molar-refractivity contribution in [3.63, 3.8) is 0 Å². The van der Waals surface area contributed by atoms with Crippen LogP contribution in [0.15, 0.2) is 18.5 Å². The van der Waals surface area contributed by atoms with Gasteiger partial charge in [0.2, 0.25) is 0 Å². The third-order valence-electron chi connectivity index (χ3n) is 1.51. The van der Waals surface area contributed by atoms with Gasteiger partial charge in [-0.1, -0.05) is 0 Å². The number of carbonyl (C=O) groups is 1. The van der Waals surface area contributed by atoms with E-state index in [-0.39, 0.29) is 5.91 Å². The Bertz CT molecular complexity index is 299. The normalized spacial score (nSPS) is 9.38. The lowest BCUT2D eigenvalue weighted by molar-refractivity contribution is 0.0962. The number of pyridine rings is 1. The summed E-state index contributed by atoms with van der Waals surface area (Å²) in [4.78, 5) is 15.0. The molecule has 1 heterocycles. The van der Waals surface area contributed by atoms with Crippen molar-refractivity contribution in [1.82, 2.24) is 10.3 Å². The Morgan fingerprint density at radius 1 is 1.62 bits per heavy atom. The van der Waals surface area contributed by atoms with Crippen LogP contribution in [0.1, 0.15) is 17.3 Å². The molecule has 0 aliphatic rings. The molecule has 0 bridgehead atoms. The number of rotatable bonds is 3. The first kappa shape index (κ1) is 9.51. The number of amides is 1. The van der Waals surface area contributed by atoms with Crippen molar-refractivity contribution in [3.05, 3.63) is 24.0 Å². The Hall–Kier alpha value is -1.58. The molecule has 1 aromatic rings. The van der Waals surface area contributed by atoms with E-state index in [0.29, 0.717) is 17.9 Å². The van der Waals surface area contributed by atoms with Gasteiger partial charge in [-0.25, -0.2) is 0 Å². The second kappa shape index (κ2) is 4.45. The lowest BCUT2D eigenvalue weighted by atomic mass is 10.2. The Morgan fingerprint density at radius 3 is 3.00 bits per heavy atom. The fourth-order valence-corrected chi connectivity index (χ4v) is 0.933. The van der Waals surface area contributed by atoms with Crippen molar-refractivity contribution in [1.29, 1.82) is 0 Å². The second-order valence-electron chi connectivity index (χ2n) is 2.42. The van der Waals surface area contributed by atoms with Crippen LogP contribution in [0.2, 0.25) is 0 Å². The molecule has 0 spiro atoms. The first-order chi connectivity index (χ1) is 6.27. The van der Waals surface area contributed by atoms with Gasteiger partial charge in [0, 0.05) is 13.2 Å². The van der Waals surface area contributed by atoms with Crippen LogP contribution in [0.3, 0.4) is 0 Å². The summed E-state index contributed by atoms with van der Waals surface area (Å²) in [5, 5.41) is 2.52. The third kappa shape index (κ3) is 2.43. The minimum absolute atomic E-state index is 0.158. The van der Waals surface area contributed by atoms with E-state index < -0.39 is 0 Å². The number of nitrogens with zero attached hydrogens (tertiary/aromatic N) is 1. The van der Waals surface area contributed by atoms with Gasteiger partial charge in [0.25, 0.3) is 5.91 Å². The minimum Gasteiger partial charge on any atom is -0.492 e. The molecule has 13 heavy (non-hydrogen) atoms. The zero-order valence-corrected chi connectivity index (χ0v) is 7.70. The summed E-state index contributed by atoms with van der Waals surface area (Å²) in [5.41, 5.74) is 0.508. The SMILES string of the molecule is CCOc1cncc(C(=O)NC)c1. The van der Waals surface area contributed by atoms with Gasteiger partial charge in [0.1, 0.15) is 5.75 Å². The summed E-state index contributed by atoms with van der Waals surface area (Å²) in [6.45, 7) is 2.45. The van der Waals surface area contributed by atoms with Gasteiger partial charge in [0.15, 0.2) is 0 Å². The number of aromatic nitrogens is 1. The Kier molecular flexibility index (Phi) is 3.25. The van der Waals surface area contributed by atoms with Crippen molar-refractivity contribution in [3.8, 4) is 5.75 Å². The molecule has 1 amide bonds. The number of hydrogen-bond donors (Lipinski definition) is 1. The fraction of sp³-hybridized carbons (Fsp3) is 0.333. The molecular weight excluding hydrogens is 168 g/mol. The zero-order chi connectivity index (χ0) is 9.68. The summed E-state index contributed by atoms with van der Waals surface area (Å²) in [6.07, 6.45) is 3.08. The average molecular weight is 180 g/mol. The van der Waals surface area contributed by atoms with E-state index in [1.165, 1.54) is 6.20 Å². The van der Waals surface area contributed by atoms with Crippen LogP contribution in [0.4, 0.5) is 0 Å². The first-order valence-corrected chi connectivity index (χ1v) is 4.08. The summed E-state index contributed by atoms with van der Waals surface area (Å²) in [7, 11) is 1.58. The van der Waals surface area contributed by atoms with Gasteiger partial charge in [0.05, 0.1) is 18.4 Å². The molecule has 0 unspecified atom stereocenters. The molecule has 0 saturated carbocycles. The molecule has 0 atom stereocenters. The van der Waals surface area contributed by atoms with E-state index in [4.69, 9.17) is 4.74 Å². The number of hydrogen-bond acceptors (Lipinski definition) is 3. The van der Waals surface area contributed by atoms with Crippen molar-refractivity contribution >= 4 is 5.91 Å². The van der Waals surface area contributed by atoms with Crippen molar-refractivity contribution in [2.75, 3.05) is 13.7 Å². The number of carbonyl (C=O) groups excluding carboxylic acids is 1. The quantitative estimate of drug-likeness (QED) is 0.749. The minimum atomic E-state index is -0.158. The van der Waals surface area contributed by atoms with Crippen LogP contribution in [0.25, 0.3) is 0 Å². The fourth-order valence-electron chi connectivity index (χ4n) is 0.933. The Morgan fingerprint density at radius 2 is 2.38 bits per heavy atom. The Balaban J connectivity index is 2.85. The highest BCUT2D eigenvalue weighted by molar-refractivity contribution is 5.93. The molecule has 0 aromatic carbocycles. The lowest BCUT2D eigenvalue weighted by Gasteiger charge is -2.03. The largest absolute Gasteiger partial charge is 0.492 e. The standard InChI is InChI=1S/C9H12N2O2/c1-3-13-8-4-7(5-11-6-8)9(12)10-2/h4-6H,3H2,1-2H3,(H,10,12). The van der Waals surface area contributed by atoms with Crippen LogP contribution in [0, 0.1) is 0 Å². The molecule has 0 fully saturated rings. The molecule has 0 radical (unpaired) electrons. The van der Waals surface area contributed by atoms with Crippen LogP contribution in [0.5, 0.6) is 5.75 Å². The van der Waals surface area contributed by atoms with E-state index in [1.54, 1.807) is 19.3 Å². The summed E-state index contributed by atoms with van der Waals surface area (Å²) in [6, 6.07) is 1.66. The maximum atomic E-state index is 11.2. The predicted octanol–water partition coefficient (Wildman–Crippen LogP) is 0.840. The van der Waals surface area contributed by atoms with Crippen LogP contribution in [-0.4, -0.2) is 24.5 Å². The van der Waals surface area contributed by atoms with Gasteiger partial charge in [-0.15, -0.1) is 0 Å². The molecule has 0 aliphatic carbocycles. The molecule has 0 saturated heterocycles. The molecule has 4 nitrogen and oxygen atoms in total. The van der Waals surface area contributed by atoms with Crippen molar-refractivity contribution < 1.29 is 9.53 Å². The smallest absolute Gasteiger partial charge is 0.252 e. The van der Waals surface area contributed by atoms with Gasteiger partial charge in [-0.3, -0.25) is 9.78 Å². The molecule has 70 valence electrons. The highest BCUT2D eigenvalue weighted by atomic mass is 16.5. The van der Waals surface area contributed by atoms with E-state index in [1.807, 2.05) is 6.92 Å². The monoisotopic (exact) mass is 180 g/mol. The average Bonchev–Trinajstić information content (AvgIpc) is 2.18. The second-order valence-corrected chi connectivity index (χ2v) is 2.42. The van der Waals surface area contributed by atoms with Crippen LogP contribution in [-0.2, 0) is 0 Å². The van der Waals surface area contributed by atoms with Crippen molar-refractivity contribution in [2.45, 2.75) is 6.92 Å². The molecule has 1 rings (SSSR count). The van der Waals surface area contributed by atoms with Crippen LogP contribution >= 0.6 is 0 Å². The van der Waals surface area contributed by atoms with Crippen LogP contribution < -0.4 is 10.1 Å². The maximum Gasteiger partial charge on any atom is 0.252 e. The maximum absolute atomic E-state index is 11.2. The predicted molar refractivity (Wildman–Crippen MR) is 48.8 cm³/mol. The summed E-state index contributed by atoms with van der Waals surface area (Å²) >= 11 is 0. The number of nitrogens with one attached hydrogen (secondary N) is 1. The Labute approximate surface area is 76.9 Å². The highest BCUT2D eigenvalue weighted by Crippen LogP contribution is 2.10.